The fraction of sp³-hybridized carbons (Fsp3) is 0.235. The lowest BCUT2D eigenvalue weighted by Crippen LogP contribution is -2.12. The van der Waals surface area contributed by atoms with Crippen LogP contribution in [0.2, 0.25) is 0 Å². The van der Waals surface area contributed by atoms with Crippen LogP contribution in [-0.2, 0) is 19.4 Å². The summed E-state index contributed by atoms with van der Waals surface area (Å²) in [6.07, 6.45) is 3.49. The lowest BCUT2D eigenvalue weighted by Gasteiger charge is -2.08. The zero-order valence-electron chi connectivity index (χ0n) is 11.4. The number of fused-ring (bicyclic) bond motifs is 1. The minimum absolute atomic E-state index is 0.0773. The van der Waals surface area contributed by atoms with E-state index in [2.05, 4.69) is 17.4 Å². The Morgan fingerprint density at radius 1 is 1.05 bits per heavy atom. The van der Waals surface area contributed by atoms with E-state index in [1.807, 2.05) is 30.3 Å². The predicted octanol–water partition coefficient (Wildman–Crippen LogP) is 2.89. The van der Waals surface area contributed by atoms with Crippen molar-refractivity contribution in [1.29, 1.82) is 0 Å². The SMILES string of the molecule is NCc1ccc(C(=O)Nc2ccc3c(c2)CCC3)cc1. The van der Waals surface area contributed by atoms with Gasteiger partial charge >= 0.3 is 0 Å². The maximum atomic E-state index is 12.2. The van der Waals surface area contributed by atoms with Gasteiger partial charge in [0.05, 0.1) is 0 Å². The molecule has 0 aliphatic heterocycles. The minimum Gasteiger partial charge on any atom is -0.326 e. The Balaban J connectivity index is 1.75. The first-order valence-corrected chi connectivity index (χ1v) is 6.98. The van der Waals surface area contributed by atoms with E-state index in [1.54, 1.807) is 0 Å². The molecule has 1 aliphatic carbocycles. The maximum absolute atomic E-state index is 12.2. The Kier molecular flexibility index (Phi) is 3.52. The average Bonchev–Trinajstić information content (AvgIpc) is 2.95. The Labute approximate surface area is 118 Å². The number of hydrogen-bond donors (Lipinski definition) is 2. The molecule has 0 spiro atoms. The molecule has 3 rings (SSSR count). The molecule has 0 radical (unpaired) electrons. The van der Waals surface area contributed by atoms with Gasteiger partial charge in [0.1, 0.15) is 0 Å². The highest BCUT2D eigenvalue weighted by atomic mass is 16.1. The molecule has 0 atom stereocenters. The van der Waals surface area contributed by atoms with E-state index < -0.39 is 0 Å². The largest absolute Gasteiger partial charge is 0.326 e. The van der Waals surface area contributed by atoms with Crippen molar-refractivity contribution >= 4 is 11.6 Å². The quantitative estimate of drug-likeness (QED) is 0.897. The second kappa shape index (κ2) is 5.47. The van der Waals surface area contributed by atoms with Crippen molar-refractivity contribution in [3.05, 3.63) is 64.7 Å². The van der Waals surface area contributed by atoms with E-state index in [0.29, 0.717) is 12.1 Å². The Hall–Kier alpha value is -2.13. The van der Waals surface area contributed by atoms with Gasteiger partial charge in [-0.25, -0.2) is 0 Å². The lowest BCUT2D eigenvalue weighted by atomic mass is 10.1. The standard InChI is InChI=1S/C17H18N2O/c18-11-12-4-6-14(7-5-12)17(20)19-16-9-8-13-2-1-3-15(13)10-16/h4-10H,1-3,11,18H2,(H,19,20). The summed E-state index contributed by atoms with van der Waals surface area (Å²) in [6.45, 7) is 0.493. The van der Waals surface area contributed by atoms with E-state index in [4.69, 9.17) is 5.73 Å². The van der Waals surface area contributed by atoms with Gasteiger partial charge in [-0.15, -0.1) is 0 Å². The summed E-state index contributed by atoms with van der Waals surface area (Å²) in [4.78, 5) is 12.2. The van der Waals surface area contributed by atoms with Crippen molar-refractivity contribution in [3.8, 4) is 0 Å². The van der Waals surface area contributed by atoms with Crippen molar-refractivity contribution in [2.75, 3.05) is 5.32 Å². The molecule has 0 aromatic heterocycles. The highest BCUT2D eigenvalue weighted by molar-refractivity contribution is 6.04. The van der Waals surface area contributed by atoms with Gasteiger partial charge in [0.2, 0.25) is 0 Å². The third kappa shape index (κ3) is 2.58. The number of benzene rings is 2. The molecule has 0 heterocycles. The van der Waals surface area contributed by atoms with Crippen LogP contribution in [0.25, 0.3) is 0 Å². The highest BCUT2D eigenvalue weighted by Crippen LogP contribution is 2.25. The summed E-state index contributed by atoms with van der Waals surface area (Å²) in [5.74, 6) is -0.0773. The number of nitrogens with one attached hydrogen (secondary N) is 1. The van der Waals surface area contributed by atoms with Crippen molar-refractivity contribution in [3.63, 3.8) is 0 Å². The van der Waals surface area contributed by atoms with Crippen molar-refractivity contribution in [1.82, 2.24) is 0 Å². The lowest BCUT2D eigenvalue weighted by molar-refractivity contribution is 0.102. The van der Waals surface area contributed by atoms with E-state index in [-0.39, 0.29) is 5.91 Å². The van der Waals surface area contributed by atoms with Gasteiger partial charge in [-0.1, -0.05) is 18.2 Å². The van der Waals surface area contributed by atoms with E-state index in [9.17, 15) is 4.79 Å². The third-order valence-electron chi connectivity index (χ3n) is 3.81. The van der Waals surface area contributed by atoms with E-state index in [1.165, 1.54) is 17.5 Å². The number of carbonyl (C=O) groups is 1. The van der Waals surface area contributed by atoms with Crippen LogP contribution in [0, 0.1) is 0 Å². The molecule has 2 aromatic carbocycles. The fourth-order valence-electron chi connectivity index (χ4n) is 2.65. The second-order valence-electron chi connectivity index (χ2n) is 5.19. The molecule has 0 unspecified atom stereocenters. The van der Waals surface area contributed by atoms with Crippen molar-refractivity contribution < 1.29 is 4.79 Å². The topological polar surface area (TPSA) is 55.1 Å². The summed E-state index contributed by atoms with van der Waals surface area (Å²) >= 11 is 0. The molecule has 1 aliphatic rings. The number of rotatable bonds is 3. The molecule has 3 heteroatoms. The minimum atomic E-state index is -0.0773. The first-order chi connectivity index (χ1) is 9.76. The van der Waals surface area contributed by atoms with E-state index in [0.717, 1.165) is 24.1 Å². The fourth-order valence-corrected chi connectivity index (χ4v) is 2.65. The number of amides is 1. The number of anilines is 1. The summed E-state index contributed by atoms with van der Waals surface area (Å²) in [7, 11) is 0. The van der Waals surface area contributed by atoms with Crippen LogP contribution in [0.5, 0.6) is 0 Å². The zero-order chi connectivity index (χ0) is 13.9. The van der Waals surface area contributed by atoms with Crippen LogP contribution < -0.4 is 11.1 Å². The van der Waals surface area contributed by atoms with Crippen LogP contribution in [-0.4, -0.2) is 5.91 Å². The number of hydrogen-bond acceptors (Lipinski definition) is 2. The molecule has 3 N–H and O–H groups in total. The van der Waals surface area contributed by atoms with E-state index >= 15 is 0 Å². The molecular weight excluding hydrogens is 248 g/mol. The van der Waals surface area contributed by atoms with Crippen LogP contribution in [0.1, 0.15) is 33.5 Å². The molecule has 0 saturated heterocycles. The maximum Gasteiger partial charge on any atom is 0.255 e. The van der Waals surface area contributed by atoms with Gasteiger partial charge in [-0.2, -0.15) is 0 Å². The molecule has 0 saturated carbocycles. The monoisotopic (exact) mass is 266 g/mol. The normalized spacial score (nSPS) is 13.1. The first-order valence-electron chi connectivity index (χ1n) is 6.98. The summed E-state index contributed by atoms with van der Waals surface area (Å²) in [5, 5.41) is 2.96. The van der Waals surface area contributed by atoms with Crippen LogP contribution in [0.4, 0.5) is 5.69 Å². The molecule has 1 amide bonds. The molecule has 3 nitrogen and oxygen atoms in total. The van der Waals surface area contributed by atoms with Gasteiger partial charge in [-0.05, 0) is 60.2 Å². The van der Waals surface area contributed by atoms with Gasteiger partial charge < -0.3 is 11.1 Å². The molecule has 2 aromatic rings. The Morgan fingerprint density at radius 2 is 1.80 bits per heavy atom. The van der Waals surface area contributed by atoms with Gasteiger partial charge in [-0.3, -0.25) is 4.79 Å². The molecule has 0 fully saturated rings. The molecule has 102 valence electrons. The Morgan fingerprint density at radius 3 is 2.55 bits per heavy atom. The first kappa shape index (κ1) is 12.9. The molecule has 20 heavy (non-hydrogen) atoms. The number of nitrogens with two attached hydrogens (primary N) is 1. The smallest absolute Gasteiger partial charge is 0.255 e. The average molecular weight is 266 g/mol. The number of carbonyl (C=O) groups excluding carboxylic acids is 1. The van der Waals surface area contributed by atoms with Gasteiger partial charge in [0.25, 0.3) is 5.91 Å². The third-order valence-corrected chi connectivity index (χ3v) is 3.81. The second-order valence-corrected chi connectivity index (χ2v) is 5.19. The van der Waals surface area contributed by atoms with Crippen LogP contribution in [0.15, 0.2) is 42.5 Å². The summed E-state index contributed by atoms with van der Waals surface area (Å²) in [5.41, 5.74) is 10.9. The Bertz CT molecular complexity index is 632. The molecular formula is C17H18N2O. The zero-order valence-corrected chi connectivity index (χ0v) is 11.4. The van der Waals surface area contributed by atoms with Gasteiger partial charge in [0, 0.05) is 17.8 Å². The summed E-state index contributed by atoms with van der Waals surface area (Å²) < 4.78 is 0. The van der Waals surface area contributed by atoms with Crippen LogP contribution >= 0.6 is 0 Å². The highest BCUT2D eigenvalue weighted by Gasteiger charge is 2.12. The summed E-state index contributed by atoms with van der Waals surface area (Å²) in [6, 6.07) is 13.6. The molecule has 0 bridgehead atoms. The van der Waals surface area contributed by atoms with Crippen LogP contribution in [0.3, 0.4) is 0 Å². The number of aryl methyl sites for hydroxylation is 2. The van der Waals surface area contributed by atoms with Gasteiger partial charge in [0.15, 0.2) is 0 Å². The van der Waals surface area contributed by atoms with Crippen molar-refractivity contribution in [2.45, 2.75) is 25.8 Å². The van der Waals surface area contributed by atoms with Crippen molar-refractivity contribution in [2.24, 2.45) is 5.73 Å². The predicted molar refractivity (Wildman–Crippen MR) is 80.8 cm³/mol.